The van der Waals surface area contributed by atoms with Crippen molar-refractivity contribution in [2.75, 3.05) is 18.1 Å². The summed E-state index contributed by atoms with van der Waals surface area (Å²) in [5, 5.41) is 5.44. The quantitative estimate of drug-likeness (QED) is 0.456. The highest BCUT2D eigenvalue weighted by Gasteiger charge is 2.15. The number of hydrogen-bond donors (Lipinski definition) is 3. The Balaban J connectivity index is 1.85. The lowest BCUT2D eigenvalue weighted by atomic mass is 10.2. The van der Waals surface area contributed by atoms with E-state index in [0.717, 1.165) is 5.56 Å². The summed E-state index contributed by atoms with van der Waals surface area (Å²) in [7, 11) is -3.52. The van der Waals surface area contributed by atoms with Gasteiger partial charge in [-0.1, -0.05) is 42.5 Å². The van der Waals surface area contributed by atoms with Crippen LogP contribution in [-0.2, 0) is 21.4 Å². The predicted octanol–water partition coefficient (Wildman–Crippen LogP) is 2.15. The lowest BCUT2D eigenvalue weighted by Crippen LogP contribution is -2.34. The van der Waals surface area contributed by atoms with Gasteiger partial charge >= 0.3 is 0 Å². The molecule has 0 unspecified atom stereocenters. The molecule has 3 N–H and O–H groups in total. The van der Waals surface area contributed by atoms with Crippen LogP contribution < -0.4 is 15.4 Å². The van der Waals surface area contributed by atoms with E-state index in [0.29, 0.717) is 10.5 Å². The molecule has 0 bridgehead atoms. The summed E-state index contributed by atoms with van der Waals surface area (Å²) in [6.07, 6.45) is 0. The van der Waals surface area contributed by atoms with Crippen LogP contribution in [0.2, 0.25) is 0 Å². The molecule has 30 heavy (non-hydrogen) atoms. The highest BCUT2D eigenvalue weighted by atomic mass is 32.2. The van der Waals surface area contributed by atoms with E-state index in [1.807, 2.05) is 44.2 Å². The van der Waals surface area contributed by atoms with Gasteiger partial charge in [0.2, 0.25) is 15.9 Å². The highest BCUT2D eigenvalue weighted by molar-refractivity contribution is 8.00. The number of hydrogen-bond acceptors (Lipinski definition) is 5. The topological polar surface area (TPSA) is 104 Å². The first-order valence-corrected chi connectivity index (χ1v) is 12.2. The maximum absolute atomic E-state index is 12.5. The van der Waals surface area contributed by atoms with Gasteiger partial charge in [-0.15, -0.1) is 11.8 Å². The van der Waals surface area contributed by atoms with E-state index in [1.165, 1.54) is 11.8 Å². The standard InChI is InChI=1S/C21H27N3O4S2/c1-16(2)24-20(25)15-29-19-11-7-6-10-18(19)21(26)22-12-13-30(27,28)23-14-17-8-4-3-5-9-17/h3-11,16,23H,12-15H2,1-2H3,(H,22,26)(H,24,25). The number of sulfonamides is 1. The number of benzene rings is 2. The largest absolute Gasteiger partial charge is 0.353 e. The van der Waals surface area contributed by atoms with E-state index < -0.39 is 10.0 Å². The minimum absolute atomic E-state index is 0.0181. The van der Waals surface area contributed by atoms with Crippen LogP contribution in [0.3, 0.4) is 0 Å². The van der Waals surface area contributed by atoms with E-state index in [9.17, 15) is 18.0 Å². The predicted molar refractivity (Wildman–Crippen MR) is 120 cm³/mol. The molecule has 2 rings (SSSR count). The van der Waals surface area contributed by atoms with E-state index in [-0.39, 0.29) is 42.5 Å². The zero-order valence-electron chi connectivity index (χ0n) is 17.1. The average molecular weight is 450 g/mol. The third-order valence-corrected chi connectivity index (χ3v) is 6.33. The number of carbonyl (C=O) groups excluding carboxylic acids is 2. The third kappa shape index (κ3) is 8.56. The Morgan fingerprint density at radius 2 is 1.67 bits per heavy atom. The minimum Gasteiger partial charge on any atom is -0.353 e. The molecular weight excluding hydrogens is 422 g/mol. The van der Waals surface area contributed by atoms with Crippen LogP contribution in [0.25, 0.3) is 0 Å². The molecule has 0 radical (unpaired) electrons. The van der Waals surface area contributed by atoms with Gasteiger partial charge in [0.25, 0.3) is 5.91 Å². The smallest absolute Gasteiger partial charge is 0.252 e. The van der Waals surface area contributed by atoms with Crippen molar-refractivity contribution in [3.8, 4) is 0 Å². The first-order chi connectivity index (χ1) is 14.3. The molecule has 0 heterocycles. The molecule has 0 fully saturated rings. The summed E-state index contributed by atoms with van der Waals surface area (Å²) in [5.74, 6) is -0.515. The van der Waals surface area contributed by atoms with Crippen molar-refractivity contribution in [3.05, 3.63) is 65.7 Å². The Bertz CT molecular complexity index is 948. The number of thioether (sulfide) groups is 1. The first-order valence-electron chi connectivity index (χ1n) is 9.57. The van der Waals surface area contributed by atoms with Crippen LogP contribution >= 0.6 is 11.8 Å². The van der Waals surface area contributed by atoms with Gasteiger partial charge in [-0.3, -0.25) is 9.59 Å². The molecule has 0 aromatic heterocycles. The molecule has 0 spiro atoms. The minimum atomic E-state index is -3.52. The number of rotatable bonds is 11. The molecule has 9 heteroatoms. The molecule has 7 nitrogen and oxygen atoms in total. The van der Waals surface area contributed by atoms with Gasteiger partial charge in [0.15, 0.2) is 0 Å². The van der Waals surface area contributed by atoms with Gasteiger partial charge in [-0.25, -0.2) is 13.1 Å². The Labute approximate surface area is 182 Å². The lowest BCUT2D eigenvalue weighted by molar-refractivity contribution is -0.119. The number of carbonyl (C=O) groups is 2. The van der Waals surface area contributed by atoms with Crippen LogP contribution in [0.4, 0.5) is 0 Å². The van der Waals surface area contributed by atoms with E-state index in [1.54, 1.807) is 24.3 Å². The summed E-state index contributed by atoms with van der Waals surface area (Å²) in [4.78, 5) is 25.0. The van der Waals surface area contributed by atoms with E-state index >= 15 is 0 Å². The van der Waals surface area contributed by atoms with Gasteiger partial charge < -0.3 is 10.6 Å². The Hall–Kier alpha value is -2.36. The second-order valence-corrected chi connectivity index (χ2v) is 9.83. The molecular formula is C21H27N3O4S2. The summed E-state index contributed by atoms with van der Waals surface area (Å²) in [6.45, 7) is 3.95. The lowest BCUT2D eigenvalue weighted by Gasteiger charge is -2.12. The summed E-state index contributed by atoms with van der Waals surface area (Å²) in [6, 6.07) is 16.2. The maximum atomic E-state index is 12.5. The molecule has 0 saturated heterocycles. The van der Waals surface area contributed by atoms with Crippen molar-refractivity contribution in [2.24, 2.45) is 0 Å². The number of amides is 2. The molecule has 0 saturated carbocycles. The Morgan fingerprint density at radius 1 is 1.00 bits per heavy atom. The fourth-order valence-electron chi connectivity index (χ4n) is 2.54. The van der Waals surface area contributed by atoms with E-state index in [4.69, 9.17) is 0 Å². The summed E-state index contributed by atoms with van der Waals surface area (Å²) < 4.78 is 26.8. The Morgan fingerprint density at radius 3 is 2.37 bits per heavy atom. The molecule has 162 valence electrons. The monoisotopic (exact) mass is 449 g/mol. The fourth-order valence-corrected chi connectivity index (χ4v) is 4.31. The summed E-state index contributed by atoms with van der Waals surface area (Å²) in [5.41, 5.74) is 1.27. The van der Waals surface area contributed by atoms with Gasteiger partial charge in [0.1, 0.15) is 0 Å². The third-order valence-electron chi connectivity index (χ3n) is 3.94. The number of nitrogens with one attached hydrogen (secondary N) is 3. The highest BCUT2D eigenvalue weighted by Crippen LogP contribution is 2.22. The van der Waals surface area contributed by atoms with E-state index in [2.05, 4.69) is 15.4 Å². The Kier molecular flexibility index (Phi) is 9.35. The zero-order valence-corrected chi connectivity index (χ0v) is 18.7. The molecule has 0 aliphatic carbocycles. The molecule has 0 aliphatic rings. The molecule has 2 amide bonds. The van der Waals surface area contributed by atoms with Crippen LogP contribution in [0.1, 0.15) is 29.8 Å². The fraction of sp³-hybridized carbons (Fsp3) is 0.333. The average Bonchev–Trinajstić information content (AvgIpc) is 2.71. The summed E-state index contributed by atoms with van der Waals surface area (Å²) >= 11 is 1.27. The molecule has 0 aliphatic heterocycles. The van der Waals surface area contributed by atoms with Crippen LogP contribution in [0.15, 0.2) is 59.5 Å². The first kappa shape index (κ1) is 23.9. The molecule has 2 aromatic carbocycles. The zero-order chi connectivity index (χ0) is 22.0. The van der Waals surface area contributed by atoms with Gasteiger partial charge in [-0.2, -0.15) is 0 Å². The molecule has 2 aromatic rings. The maximum Gasteiger partial charge on any atom is 0.252 e. The molecule has 0 atom stereocenters. The van der Waals surface area contributed by atoms with Crippen molar-refractivity contribution in [3.63, 3.8) is 0 Å². The van der Waals surface area contributed by atoms with Crippen LogP contribution in [-0.4, -0.2) is 44.3 Å². The van der Waals surface area contributed by atoms with Crippen LogP contribution in [0.5, 0.6) is 0 Å². The SMILES string of the molecule is CC(C)NC(=O)CSc1ccccc1C(=O)NCCS(=O)(=O)NCc1ccccc1. The van der Waals surface area contributed by atoms with Crippen molar-refractivity contribution in [1.29, 1.82) is 0 Å². The van der Waals surface area contributed by atoms with Gasteiger partial charge in [0.05, 0.1) is 17.1 Å². The second kappa shape index (κ2) is 11.7. The van der Waals surface area contributed by atoms with Gasteiger partial charge in [-0.05, 0) is 31.5 Å². The van der Waals surface area contributed by atoms with Crippen molar-refractivity contribution < 1.29 is 18.0 Å². The van der Waals surface area contributed by atoms with Gasteiger partial charge in [0, 0.05) is 24.0 Å². The van der Waals surface area contributed by atoms with Crippen LogP contribution in [0, 0.1) is 0 Å². The normalized spacial score (nSPS) is 11.3. The second-order valence-electron chi connectivity index (χ2n) is 6.89. The van der Waals surface area contributed by atoms with Crippen molar-refractivity contribution in [1.82, 2.24) is 15.4 Å². The van der Waals surface area contributed by atoms with Crippen molar-refractivity contribution in [2.45, 2.75) is 31.3 Å². The van der Waals surface area contributed by atoms with Crippen molar-refractivity contribution >= 4 is 33.6 Å².